The van der Waals surface area contributed by atoms with Crippen molar-refractivity contribution in [2.24, 2.45) is 5.73 Å². The topological polar surface area (TPSA) is 64.1 Å². The van der Waals surface area contributed by atoms with E-state index in [-0.39, 0.29) is 6.04 Å². The Morgan fingerprint density at radius 1 is 1.44 bits per heavy atom. The summed E-state index contributed by atoms with van der Waals surface area (Å²) >= 11 is 11.5. The van der Waals surface area contributed by atoms with Crippen molar-refractivity contribution in [2.75, 3.05) is 23.6 Å². The summed E-state index contributed by atoms with van der Waals surface area (Å²) in [5.74, 6) is 1.82. The van der Waals surface area contributed by atoms with Crippen LogP contribution in [0.2, 0.25) is 5.15 Å². The Kier molecular flexibility index (Phi) is 6.57. The van der Waals surface area contributed by atoms with Crippen LogP contribution in [0.4, 0.5) is 5.69 Å². The molecule has 3 rings (SSSR count). The van der Waals surface area contributed by atoms with E-state index in [9.17, 15) is 0 Å². The lowest BCUT2D eigenvalue weighted by atomic mass is 10.2. The third-order valence-corrected chi connectivity index (χ3v) is 6.87. The molecule has 3 N–H and O–H groups in total. The lowest BCUT2D eigenvalue weighted by molar-refractivity contribution is 0.518. The van der Waals surface area contributed by atoms with Crippen molar-refractivity contribution in [1.82, 2.24) is 4.98 Å². The lowest BCUT2D eigenvalue weighted by Gasteiger charge is -2.09. The maximum Gasteiger partial charge on any atom is 0.131 e. The van der Waals surface area contributed by atoms with E-state index in [1.54, 1.807) is 41.1 Å². The molecule has 0 bridgehead atoms. The molecule has 1 atom stereocenters. The number of furan rings is 1. The molecule has 3 heterocycles. The van der Waals surface area contributed by atoms with Gasteiger partial charge in [0.15, 0.2) is 0 Å². The molecular formula is C17H20ClN3OS3. The predicted molar refractivity (Wildman–Crippen MR) is 113 cm³/mol. The Hall–Kier alpha value is -0.860. The third-order valence-electron chi connectivity index (χ3n) is 3.70. The largest absolute Gasteiger partial charge is 0.467 e. The Bertz CT molecular complexity index is 835. The number of rotatable bonds is 8. The molecule has 0 fully saturated rings. The third kappa shape index (κ3) is 4.46. The molecule has 0 aliphatic heterocycles. The number of anilines is 1. The maximum atomic E-state index is 6.27. The molecule has 0 aromatic carbocycles. The van der Waals surface area contributed by atoms with Gasteiger partial charge in [0.05, 0.1) is 28.7 Å². The zero-order valence-corrected chi connectivity index (χ0v) is 17.2. The molecule has 0 radical (unpaired) electrons. The summed E-state index contributed by atoms with van der Waals surface area (Å²) in [6, 6.07) is 5.85. The SMILES string of the molecule is CSC[C@H](N)Cc1sc2c(NCc3ccco3)cc(Cl)nc2c1SC. The second-order valence-electron chi connectivity index (χ2n) is 5.58. The van der Waals surface area contributed by atoms with Gasteiger partial charge < -0.3 is 15.5 Å². The van der Waals surface area contributed by atoms with E-state index in [1.807, 2.05) is 18.2 Å². The molecule has 3 aromatic heterocycles. The summed E-state index contributed by atoms with van der Waals surface area (Å²) in [4.78, 5) is 7.03. The molecule has 8 heteroatoms. The van der Waals surface area contributed by atoms with Crippen molar-refractivity contribution in [2.45, 2.75) is 23.9 Å². The average Bonchev–Trinajstić information content (AvgIpc) is 3.20. The maximum absolute atomic E-state index is 6.27. The molecular weight excluding hydrogens is 394 g/mol. The number of halogens is 1. The van der Waals surface area contributed by atoms with Gasteiger partial charge >= 0.3 is 0 Å². The van der Waals surface area contributed by atoms with Crippen LogP contribution in [0, 0.1) is 0 Å². The van der Waals surface area contributed by atoms with Gasteiger partial charge in [-0.3, -0.25) is 0 Å². The summed E-state index contributed by atoms with van der Waals surface area (Å²) in [5, 5.41) is 3.91. The van der Waals surface area contributed by atoms with Crippen molar-refractivity contribution in [3.8, 4) is 0 Å². The minimum atomic E-state index is 0.143. The highest BCUT2D eigenvalue weighted by atomic mass is 35.5. The molecule has 134 valence electrons. The van der Waals surface area contributed by atoms with Gasteiger partial charge in [-0.15, -0.1) is 23.1 Å². The fourth-order valence-corrected chi connectivity index (χ4v) is 5.69. The number of nitrogens with two attached hydrogens (primary N) is 1. The van der Waals surface area contributed by atoms with E-state index < -0.39 is 0 Å². The average molecular weight is 414 g/mol. The van der Waals surface area contributed by atoms with E-state index in [0.717, 1.165) is 33.8 Å². The number of nitrogens with one attached hydrogen (secondary N) is 1. The van der Waals surface area contributed by atoms with Gasteiger partial charge in [-0.1, -0.05) is 11.6 Å². The highest BCUT2D eigenvalue weighted by molar-refractivity contribution is 7.99. The highest BCUT2D eigenvalue weighted by Gasteiger charge is 2.18. The van der Waals surface area contributed by atoms with E-state index in [4.69, 9.17) is 21.8 Å². The monoisotopic (exact) mass is 413 g/mol. The minimum Gasteiger partial charge on any atom is -0.467 e. The zero-order valence-electron chi connectivity index (χ0n) is 14.0. The van der Waals surface area contributed by atoms with Gasteiger partial charge in [0.2, 0.25) is 0 Å². The molecule has 0 amide bonds. The molecule has 0 aliphatic rings. The standard InChI is InChI=1S/C17H20ClN3OS3/c1-23-9-10(19)6-13-17(24-2)15-16(25-13)12(7-14(18)21-15)20-8-11-4-3-5-22-11/h3-5,7,10H,6,8-9,19H2,1-2H3,(H,20,21)/t10-/m1/s1. The molecule has 0 unspecified atom stereocenters. The second-order valence-corrected chi connectivity index (χ2v) is 8.80. The number of fused-ring (bicyclic) bond motifs is 1. The zero-order chi connectivity index (χ0) is 17.8. The Balaban J connectivity index is 1.95. The van der Waals surface area contributed by atoms with Crippen LogP contribution in [-0.2, 0) is 13.0 Å². The van der Waals surface area contributed by atoms with Crippen LogP contribution in [-0.4, -0.2) is 29.3 Å². The van der Waals surface area contributed by atoms with Gasteiger partial charge in [0.25, 0.3) is 0 Å². The molecule has 0 saturated heterocycles. The van der Waals surface area contributed by atoms with Crippen molar-refractivity contribution in [1.29, 1.82) is 0 Å². The van der Waals surface area contributed by atoms with Gasteiger partial charge in [-0.2, -0.15) is 11.8 Å². The number of nitrogens with zero attached hydrogens (tertiary/aromatic N) is 1. The van der Waals surface area contributed by atoms with Crippen LogP contribution in [0.1, 0.15) is 10.6 Å². The predicted octanol–water partition coefficient (Wildman–Crippen LogP) is 5.11. The first kappa shape index (κ1) is 18.9. The summed E-state index contributed by atoms with van der Waals surface area (Å²) in [7, 11) is 0. The van der Waals surface area contributed by atoms with Crippen molar-refractivity contribution < 1.29 is 4.42 Å². The Morgan fingerprint density at radius 3 is 2.96 bits per heavy atom. The normalized spacial score (nSPS) is 12.6. The molecule has 0 aliphatic carbocycles. The van der Waals surface area contributed by atoms with Crippen LogP contribution >= 0.6 is 46.5 Å². The number of pyridine rings is 1. The number of thiophene rings is 1. The van der Waals surface area contributed by atoms with Crippen LogP contribution in [0.5, 0.6) is 0 Å². The van der Waals surface area contributed by atoms with Crippen molar-refractivity contribution in [3.63, 3.8) is 0 Å². The van der Waals surface area contributed by atoms with Crippen LogP contribution < -0.4 is 11.1 Å². The molecule has 25 heavy (non-hydrogen) atoms. The molecule has 0 spiro atoms. The fourth-order valence-electron chi connectivity index (χ4n) is 2.64. The van der Waals surface area contributed by atoms with Gasteiger partial charge in [0.1, 0.15) is 10.9 Å². The van der Waals surface area contributed by atoms with Crippen LogP contribution in [0.3, 0.4) is 0 Å². The van der Waals surface area contributed by atoms with Gasteiger partial charge in [-0.25, -0.2) is 4.98 Å². The first-order chi connectivity index (χ1) is 12.1. The van der Waals surface area contributed by atoms with E-state index >= 15 is 0 Å². The second kappa shape index (κ2) is 8.68. The molecule has 4 nitrogen and oxygen atoms in total. The lowest BCUT2D eigenvalue weighted by Crippen LogP contribution is -2.25. The number of aromatic nitrogens is 1. The summed E-state index contributed by atoms with van der Waals surface area (Å²) in [6.45, 7) is 0.607. The highest BCUT2D eigenvalue weighted by Crippen LogP contribution is 2.41. The number of thioether (sulfide) groups is 2. The Morgan fingerprint density at radius 2 is 2.28 bits per heavy atom. The first-order valence-corrected chi connectivity index (χ1v) is 11.6. The summed E-state index contributed by atoms with van der Waals surface area (Å²) in [5.41, 5.74) is 8.19. The number of hydrogen-bond donors (Lipinski definition) is 2. The fraction of sp³-hybridized carbons (Fsp3) is 0.353. The molecule has 3 aromatic rings. The van der Waals surface area contributed by atoms with E-state index in [0.29, 0.717) is 11.7 Å². The van der Waals surface area contributed by atoms with Gasteiger partial charge in [0, 0.05) is 27.6 Å². The minimum absolute atomic E-state index is 0.143. The smallest absolute Gasteiger partial charge is 0.131 e. The van der Waals surface area contributed by atoms with E-state index in [1.165, 1.54) is 9.77 Å². The van der Waals surface area contributed by atoms with Crippen LogP contribution in [0.15, 0.2) is 33.8 Å². The van der Waals surface area contributed by atoms with Crippen molar-refractivity contribution in [3.05, 3.63) is 40.3 Å². The Labute approximate surface area is 164 Å². The van der Waals surface area contributed by atoms with E-state index in [2.05, 4.69) is 22.8 Å². The quantitative estimate of drug-likeness (QED) is 0.395. The first-order valence-electron chi connectivity index (χ1n) is 7.79. The molecule has 0 saturated carbocycles. The van der Waals surface area contributed by atoms with Crippen LogP contribution in [0.25, 0.3) is 10.2 Å². The summed E-state index contributed by atoms with van der Waals surface area (Å²) < 4.78 is 6.51. The summed E-state index contributed by atoms with van der Waals surface area (Å²) in [6.07, 6.45) is 6.68. The van der Waals surface area contributed by atoms with Crippen molar-refractivity contribution >= 4 is 62.4 Å². The number of hydrogen-bond acceptors (Lipinski definition) is 7. The van der Waals surface area contributed by atoms with Gasteiger partial charge in [-0.05, 0) is 31.1 Å².